The van der Waals surface area contributed by atoms with E-state index in [4.69, 9.17) is 14.2 Å². The maximum Gasteiger partial charge on any atom is 0.186 e. The molecule has 0 amide bonds. The third kappa shape index (κ3) is 6.60. The fourth-order valence-corrected chi connectivity index (χ4v) is 5.62. The van der Waals surface area contributed by atoms with E-state index in [1.165, 1.54) is 5.56 Å². The number of ether oxygens (including phenoxy) is 3. The van der Waals surface area contributed by atoms with E-state index in [0.29, 0.717) is 36.5 Å². The normalized spacial score (nSPS) is 13.6. The van der Waals surface area contributed by atoms with Crippen LogP contribution in [0.4, 0.5) is 0 Å². The average molecular weight is 590 g/mol. The Morgan fingerprint density at radius 1 is 0.750 bits per heavy atom. The van der Waals surface area contributed by atoms with Crippen molar-refractivity contribution in [3.63, 3.8) is 0 Å². The summed E-state index contributed by atoms with van der Waals surface area (Å²) in [6.07, 6.45) is 1.90. The second kappa shape index (κ2) is 13.7. The van der Waals surface area contributed by atoms with Crippen molar-refractivity contribution in [1.29, 1.82) is 0 Å². The van der Waals surface area contributed by atoms with Crippen LogP contribution in [0.3, 0.4) is 0 Å². The summed E-state index contributed by atoms with van der Waals surface area (Å²) in [5.74, 6) is 3.13. The van der Waals surface area contributed by atoms with Crippen LogP contribution in [0, 0.1) is 0 Å². The standard InChI is InChI=1S/C36H39N5O3/c1-25(2)28-14-15-33(42-3)30(20-28)31-21-32(36-38-39-40-41(36)29-16-18-37-19-17-29)35(44-24-27-12-8-5-9-13-27)22-34(31)43-23-26-10-6-4-7-11-26/h4-15,20-22,25,29,37H,16-19,23-24H2,1-3H3. The lowest BCUT2D eigenvalue weighted by atomic mass is 9.94. The number of hydrogen-bond acceptors (Lipinski definition) is 7. The molecule has 0 radical (unpaired) electrons. The fraction of sp³-hybridized carbons (Fsp3) is 0.306. The smallest absolute Gasteiger partial charge is 0.186 e. The molecule has 8 nitrogen and oxygen atoms in total. The van der Waals surface area contributed by atoms with Crippen LogP contribution in [0.15, 0.2) is 91.0 Å². The summed E-state index contributed by atoms with van der Waals surface area (Å²) < 4.78 is 21.0. The van der Waals surface area contributed by atoms with E-state index in [9.17, 15) is 0 Å². The molecule has 4 aromatic carbocycles. The van der Waals surface area contributed by atoms with Gasteiger partial charge in [-0.25, -0.2) is 4.68 Å². The SMILES string of the molecule is COc1ccc(C(C)C)cc1-c1cc(-c2nnnn2C2CCNCC2)c(OCc2ccccc2)cc1OCc1ccccc1. The minimum atomic E-state index is 0.194. The Bertz CT molecular complexity index is 1660. The topological polar surface area (TPSA) is 83.3 Å². The number of nitrogens with one attached hydrogen (secondary N) is 1. The first kappa shape index (κ1) is 29.4. The number of hydrogen-bond donors (Lipinski definition) is 1. The van der Waals surface area contributed by atoms with Crippen molar-refractivity contribution < 1.29 is 14.2 Å². The van der Waals surface area contributed by atoms with Gasteiger partial charge >= 0.3 is 0 Å². The molecule has 1 aliphatic heterocycles. The summed E-state index contributed by atoms with van der Waals surface area (Å²) in [5, 5.41) is 16.6. The first-order valence-electron chi connectivity index (χ1n) is 15.3. The highest BCUT2D eigenvalue weighted by Crippen LogP contribution is 2.45. The average Bonchev–Trinajstić information content (AvgIpc) is 3.57. The summed E-state index contributed by atoms with van der Waals surface area (Å²) in [5.41, 5.74) is 6.00. The molecule has 1 saturated heterocycles. The Kier molecular flexibility index (Phi) is 9.17. The quantitative estimate of drug-likeness (QED) is 0.174. The molecule has 0 aliphatic carbocycles. The predicted octanol–water partition coefficient (Wildman–Crippen LogP) is 7.22. The van der Waals surface area contributed by atoms with Crippen LogP contribution < -0.4 is 19.5 Å². The highest BCUT2D eigenvalue weighted by molar-refractivity contribution is 5.83. The van der Waals surface area contributed by atoms with E-state index in [-0.39, 0.29) is 6.04 Å². The predicted molar refractivity (Wildman–Crippen MR) is 172 cm³/mol. The Morgan fingerprint density at radius 3 is 1.98 bits per heavy atom. The first-order chi connectivity index (χ1) is 21.6. The van der Waals surface area contributed by atoms with Gasteiger partial charge in [0.1, 0.15) is 30.5 Å². The molecule has 6 rings (SSSR count). The number of nitrogens with zero attached hydrogens (tertiary/aromatic N) is 4. The summed E-state index contributed by atoms with van der Waals surface area (Å²) in [6.45, 7) is 7.04. The number of benzene rings is 4. The number of rotatable bonds is 11. The second-order valence-corrected chi connectivity index (χ2v) is 11.4. The summed E-state index contributed by atoms with van der Waals surface area (Å²) in [4.78, 5) is 0. The van der Waals surface area contributed by atoms with Crippen LogP contribution in [0.2, 0.25) is 0 Å². The van der Waals surface area contributed by atoms with Crippen LogP contribution in [0.25, 0.3) is 22.5 Å². The molecule has 0 spiro atoms. The Labute approximate surface area is 259 Å². The highest BCUT2D eigenvalue weighted by atomic mass is 16.5. The van der Waals surface area contributed by atoms with Gasteiger partial charge in [0.25, 0.3) is 0 Å². The van der Waals surface area contributed by atoms with Gasteiger partial charge in [-0.2, -0.15) is 0 Å². The van der Waals surface area contributed by atoms with Crippen LogP contribution in [-0.2, 0) is 13.2 Å². The van der Waals surface area contributed by atoms with Crippen molar-refractivity contribution in [3.8, 4) is 39.8 Å². The molecule has 5 aromatic rings. The third-order valence-electron chi connectivity index (χ3n) is 8.12. The van der Waals surface area contributed by atoms with E-state index in [0.717, 1.165) is 59.5 Å². The lowest BCUT2D eigenvalue weighted by Crippen LogP contribution is -2.30. The molecule has 2 heterocycles. The molecule has 0 saturated carbocycles. The fourth-order valence-electron chi connectivity index (χ4n) is 5.62. The maximum atomic E-state index is 6.59. The van der Waals surface area contributed by atoms with Crippen molar-refractivity contribution in [2.24, 2.45) is 0 Å². The minimum Gasteiger partial charge on any atom is -0.496 e. The second-order valence-electron chi connectivity index (χ2n) is 11.4. The highest BCUT2D eigenvalue weighted by Gasteiger charge is 2.26. The van der Waals surface area contributed by atoms with E-state index in [1.807, 2.05) is 53.2 Å². The molecule has 226 valence electrons. The number of aromatic nitrogens is 4. The monoisotopic (exact) mass is 589 g/mol. The largest absolute Gasteiger partial charge is 0.496 e. The van der Waals surface area contributed by atoms with Gasteiger partial charge in [0, 0.05) is 17.2 Å². The first-order valence-corrected chi connectivity index (χ1v) is 15.3. The zero-order valence-electron chi connectivity index (χ0n) is 25.6. The van der Waals surface area contributed by atoms with Crippen LogP contribution in [0.1, 0.15) is 55.3 Å². The van der Waals surface area contributed by atoms with Gasteiger partial charge in [-0.05, 0) is 77.2 Å². The van der Waals surface area contributed by atoms with Crippen molar-refractivity contribution in [1.82, 2.24) is 25.5 Å². The van der Waals surface area contributed by atoms with Gasteiger partial charge in [0.05, 0.1) is 18.7 Å². The lowest BCUT2D eigenvalue weighted by molar-refractivity contribution is 0.291. The van der Waals surface area contributed by atoms with E-state index >= 15 is 0 Å². The molecule has 0 unspecified atom stereocenters. The zero-order valence-corrected chi connectivity index (χ0v) is 25.6. The summed E-state index contributed by atoms with van der Waals surface area (Å²) in [6, 6.07) is 31.0. The lowest BCUT2D eigenvalue weighted by Gasteiger charge is -2.24. The molecule has 1 aromatic heterocycles. The van der Waals surface area contributed by atoms with Crippen LogP contribution >= 0.6 is 0 Å². The van der Waals surface area contributed by atoms with E-state index in [1.54, 1.807) is 7.11 Å². The van der Waals surface area contributed by atoms with Crippen molar-refractivity contribution in [3.05, 3.63) is 108 Å². The van der Waals surface area contributed by atoms with Crippen LogP contribution in [0.5, 0.6) is 17.2 Å². The number of piperidine rings is 1. The number of methoxy groups -OCH3 is 1. The van der Waals surface area contributed by atoms with Crippen molar-refractivity contribution in [2.75, 3.05) is 20.2 Å². The van der Waals surface area contributed by atoms with Gasteiger partial charge < -0.3 is 19.5 Å². The van der Waals surface area contributed by atoms with Crippen LogP contribution in [-0.4, -0.2) is 40.4 Å². The van der Waals surface area contributed by atoms with E-state index < -0.39 is 0 Å². The molecule has 44 heavy (non-hydrogen) atoms. The van der Waals surface area contributed by atoms with Gasteiger partial charge in [-0.15, -0.1) is 5.10 Å². The van der Waals surface area contributed by atoms with E-state index in [2.05, 4.69) is 77.2 Å². The Hall–Kier alpha value is -4.69. The van der Waals surface area contributed by atoms with Gasteiger partial charge in [-0.1, -0.05) is 80.6 Å². The molecule has 8 heteroatoms. The molecule has 0 bridgehead atoms. The summed E-state index contributed by atoms with van der Waals surface area (Å²) >= 11 is 0. The maximum absolute atomic E-state index is 6.59. The molecule has 0 atom stereocenters. The van der Waals surface area contributed by atoms with Crippen molar-refractivity contribution in [2.45, 2.75) is 51.9 Å². The molecule has 1 aliphatic rings. The van der Waals surface area contributed by atoms with Crippen molar-refractivity contribution >= 4 is 0 Å². The van der Waals surface area contributed by atoms with Gasteiger partial charge in [0.15, 0.2) is 5.82 Å². The van der Waals surface area contributed by atoms with Gasteiger partial charge in [0.2, 0.25) is 0 Å². The van der Waals surface area contributed by atoms with Gasteiger partial charge in [-0.3, -0.25) is 0 Å². The molecule has 1 fully saturated rings. The third-order valence-corrected chi connectivity index (χ3v) is 8.12. The molecular weight excluding hydrogens is 550 g/mol. The molecular formula is C36H39N5O3. The molecule has 1 N–H and O–H groups in total. The number of tetrazole rings is 1. The minimum absolute atomic E-state index is 0.194. The Balaban J connectivity index is 1.52. The Morgan fingerprint density at radius 2 is 1.36 bits per heavy atom. The summed E-state index contributed by atoms with van der Waals surface area (Å²) in [7, 11) is 1.70. The zero-order chi connectivity index (χ0) is 30.3.